The third-order valence-corrected chi connectivity index (χ3v) is 4.32. The average Bonchev–Trinajstić information content (AvgIpc) is 2.03. The fourth-order valence-corrected chi connectivity index (χ4v) is 2.36. The van der Waals surface area contributed by atoms with Gasteiger partial charge in [0.2, 0.25) is 0 Å². The Morgan fingerprint density at radius 3 is 2.08 bits per heavy atom. The normalized spacial score (nSPS) is 37.8. The predicted molar refractivity (Wildman–Crippen MR) is 55.8 cm³/mol. The van der Waals surface area contributed by atoms with Crippen LogP contribution in [0, 0.1) is 11.3 Å². The van der Waals surface area contributed by atoms with Crippen LogP contribution in [0.5, 0.6) is 0 Å². The lowest BCUT2D eigenvalue weighted by Crippen LogP contribution is -2.65. The number of hydrogen-bond donors (Lipinski definition) is 2. The molecule has 1 spiro atoms. The Bertz CT molecular complexity index is 184. The van der Waals surface area contributed by atoms with Gasteiger partial charge < -0.3 is 10.6 Å². The summed E-state index contributed by atoms with van der Waals surface area (Å²) in [5.74, 6) is 0.748. The molecule has 2 nitrogen and oxygen atoms in total. The topological polar surface area (TPSA) is 24.1 Å². The zero-order chi connectivity index (χ0) is 9.53. The van der Waals surface area contributed by atoms with Crippen LogP contribution < -0.4 is 10.6 Å². The van der Waals surface area contributed by atoms with Crippen LogP contribution >= 0.6 is 0 Å². The largest absolute Gasteiger partial charge is 0.315 e. The molecule has 13 heavy (non-hydrogen) atoms. The molecule has 1 atom stereocenters. The van der Waals surface area contributed by atoms with Gasteiger partial charge in [0.25, 0.3) is 0 Å². The second kappa shape index (κ2) is 2.96. The van der Waals surface area contributed by atoms with Crippen LogP contribution in [-0.2, 0) is 0 Å². The van der Waals surface area contributed by atoms with E-state index in [9.17, 15) is 0 Å². The van der Waals surface area contributed by atoms with Crippen LogP contribution in [0.1, 0.15) is 33.6 Å². The SMILES string of the molecule is CC(C)C1(C)CCC2(CNC2)CN1. The molecule has 2 fully saturated rings. The fourth-order valence-electron chi connectivity index (χ4n) is 2.36. The third-order valence-electron chi connectivity index (χ3n) is 4.32. The van der Waals surface area contributed by atoms with Gasteiger partial charge >= 0.3 is 0 Å². The first-order valence-electron chi connectivity index (χ1n) is 5.52. The van der Waals surface area contributed by atoms with Crippen LogP contribution in [0.4, 0.5) is 0 Å². The zero-order valence-electron chi connectivity index (χ0n) is 9.11. The van der Waals surface area contributed by atoms with Crippen LogP contribution in [0.2, 0.25) is 0 Å². The van der Waals surface area contributed by atoms with Gasteiger partial charge in [-0.25, -0.2) is 0 Å². The molecule has 2 heteroatoms. The van der Waals surface area contributed by atoms with Gasteiger partial charge in [-0.2, -0.15) is 0 Å². The van der Waals surface area contributed by atoms with Crippen molar-refractivity contribution in [2.75, 3.05) is 19.6 Å². The molecule has 2 aliphatic heterocycles. The van der Waals surface area contributed by atoms with E-state index in [1.807, 2.05) is 0 Å². The predicted octanol–water partition coefficient (Wildman–Crippen LogP) is 1.37. The Kier molecular flexibility index (Phi) is 2.16. The maximum atomic E-state index is 3.75. The van der Waals surface area contributed by atoms with Crippen molar-refractivity contribution in [1.82, 2.24) is 10.6 Å². The number of hydrogen-bond acceptors (Lipinski definition) is 2. The van der Waals surface area contributed by atoms with Crippen LogP contribution in [0.15, 0.2) is 0 Å². The van der Waals surface area contributed by atoms with Gasteiger partial charge in [0.05, 0.1) is 0 Å². The molecule has 0 aromatic rings. The lowest BCUT2D eigenvalue weighted by Gasteiger charge is -2.52. The first-order valence-corrected chi connectivity index (χ1v) is 5.52. The molecule has 76 valence electrons. The minimum Gasteiger partial charge on any atom is -0.315 e. The molecule has 0 aromatic carbocycles. The summed E-state index contributed by atoms with van der Waals surface area (Å²) < 4.78 is 0. The molecule has 0 saturated carbocycles. The second-order valence-electron chi connectivity index (χ2n) is 5.53. The van der Waals surface area contributed by atoms with Crippen molar-refractivity contribution in [3.05, 3.63) is 0 Å². The summed E-state index contributed by atoms with van der Waals surface area (Å²) in [6.07, 6.45) is 2.74. The minimum atomic E-state index is 0.390. The molecule has 0 aromatic heterocycles. The Balaban J connectivity index is 1.95. The molecular formula is C11H22N2. The monoisotopic (exact) mass is 182 g/mol. The maximum Gasteiger partial charge on any atom is 0.0176 e. The summed E-state index contributed by atoms with van der Waals surface area (Å²) in [7, 11) is 0. The lowest BCUT2D eigenvalue weighted by molar-refractivity contribution is 0.0557. The maximum absolute atomic E-state index is 3.75. The van der Waals surface area contributed by atoms with E-state index in [0.717, 1.165) is 5.92 Å². The Morgan fingerprint density at radius 1 is 1.08 bits per heavy atom. The standard InChI is InChI=1S/C11H22N2/c1-9(2)10(3)4-5-11(8-13-10)6-12-7-11/h9,12-13H,4-8H2,1-3H3. The van der Waals surface area contributed by atoms with E-state index >= 15 is 0 Å². The highest BCUT2D eigenvalue weighted by Crippen LogP contribution is 2.37. The summed E-state index contributed by atoms with van der Waals surface area (Å²) in [5.41, 5.74) is 1.01. The van der Waals surface area contributed by atoms with Crippen molar-refractivity contribution in [1.29, 1.82) is 0 Å². The molecule has 2 N–H and O–H groups in total. The van der Waals surface area contributed by atoms with Crippen LogP contribution in [0.3, 0.4) is 0 Å². The molecule has 2 saturated heterocycles. The van der Waals surface area contributed by atoms with Gasteiger partial charge in [-0.05, 0) is 25.7 Å². The van der Waals surface area contributed by atoms with Gasteiger partial charge in [-0.15, -0.1) is 0 Å². The highest BCUT2D eigenvalue weighted by molar-refractivity contribution is 5.03. The summed E-state index contributed by atoms with van der Waals surface area (Å²) in [6, 6.07) is 0. The van der Waals surface area contributed by atoms with Gasteiger partial charge in [0.1, 0.15) is 0 Å². The molecule has 0 bridgehead atoms. The molecule has 2 rings (SSSR count). The van der Waals surface area contributed by atoms with E-state index in [4.69, 9.17) is 0 Å². The Morgan fingerprint density at radius 2 is 1.77 bits per heavy atom. The van der Waals surface area contributed by atoms with E-state index < -0.39 is 0 Å². The summed E-state index contributed by atoms with van der Waals surface area (Å²) in [5, 5.41) is 7.14. The molecule has 0 aliphatic carbocycles. The van der Waals surface area contributed by atoms with Gasteiger partial charge in [0.15, 0.2) is 0 Å². The zero-order valence-corrected chi connectivity index (χ0v) is 9.11. The van der Waals surface area contributed by atoms with E-state index in [2.05, 4.69) is 31.4 Å². The third kappa shape index (κ3) is 1.50. The molecule has 2 aliphatic rings. The van der Waals surface area contributed by atoms with Crippen molar-refractivity contribution in [3.63, 3.8) is 0 Å². The fraction of sp³-hybridized carbons (Fsp3) is 1.00. The molecule has 2 heterocycles. The van der Waals surface area contributed by atoms with Crippen LogP contribution in [-0.4, -0.2) is 25.2 Å². The van der Waals surface area contributed by atoms with Gasteiger partial charge in [0, 0.05) is 30.6 Å². The highest BCUT2D eigenvalue weighted by Gasteiger charge is 2.44. The first kappa shape index (κ1) is 9.47. The highest BCUT2D eigenvalue weighted by atomic mass is 15.1. The van der Waals surface area contributed by atoms with Crippen molar-refractivity contribution in [2.24, 2.45) is 11.3 Å². The molecular weight excluding hydrogens is 160 g/mol. The van der Waals surface area contributed by atoms with Gasteiger partial charge in [-0.1, -0.05) is 13.8 Å². The van der Waals surface area contributed by atoms with Crippen LogP contribution in [0.25, 0.3) is 0 Å². The Labute approximate surface area is 81.5 Å². The van der Waals surface area contributed by atoms with Crippen molar-refractivity contribution < 1.29 is 0 Å². The van der Waals surface area contributed by atoms with Gasteiger partial charge in [-0.3, -0.25) is 0 Å². The van der Waals surface area contributed by atoms with E-state index in [-0.39, 0.29) is 0 Å². The second-order valence-corrected chi connectivity index (χ2v) is 5.53. The first-order chi connectivity index (χ1) is 6.06. The number of piperidine rings is 1. The lowest BCUT2D eigenvalue weighted by atomic mass is 9.68. The summed E-state index contributed by atoms with van der Waals surface area (Å²) >= 11 is 0. The Hall–Kier alpha value is -0.0800. The number of rotatable bonds is 1. The minimum absolute atomic E-state index is 0.390. The van der Waals surface area contributed by atoms with Crippen molar-refractivity contribution in [2.45, 2.75) is 39.2 Å². The van der Waals surface area contributed by atoms with E-state index in [1.54, 1.807) is 0 Å². The molecule has 0 amide bonds. The van der Waals surface area contributed by atoms with Crippen molar-refractivity contribution in [3.8, 4) is 0 Å². The average molecular weight is 182 g/mol. The quantitative estimate of drug-likeness (QED) is 0.640. The van der Waals surface area contributed by atoms with E-state index in [1.165, 1.54) is 32.5 Å². The van der Waals surface area contributed by atoms with E-state index in [0.29, 0.717) is 11.0 Å². The molecule has 1 unspecified atom stereocenters. The smallest absolute Gasteiger partial charge is 0.0176 e. The van der Waals surface area contributed by atoms with Crippen molar-refractivity contribution >= 4 is 0 Å². The summed E-state index contributed by atoms with van der Waals surface area (Å²) in [6.45, 7) is 10.7. The molecule has 0 radical (unpaired) electrons. The number of nitrogens with one attached hydrogen (secondary N) is 2. The summed E-state index contributed by atoms with van der Waals surface area (Å²) in [4.78, 5) is 0.